The monoisotopic (exact) mass is 644 g/mol. The number of nitrogens with zero attached hydrogens (tertiary/aromatic N) is 10. The molecule has 0 aliphatic heterocycles. The van der Waals surface area contributed by atoms with Crippen LogP contribution in [0.15, 0.2) is 84.4 Å². The molecule has 0 fully saturated rings. The second-order valence-corrected chi connectivity index (χ2v) is 11.0. The molecule has 0 unspecified atom stereocenters. The molecule has 43 heavy (non-hydrogen) atoms. The molecule has 6 rings (SSSR count). The van der Waals surface area contributed by atoms with E-state index in [2.05, 4.69) is 55.9 Å². The van der Waals surface area contributed by atoms with Gasteiger partial charge in [-0.1, -0.05) is 0 Å². The van der Waals surface area contributed by atoms with Gasteiger partial charge in [0.05, 0.1) is 16.9 Å². The molecule has 0 N–H and O–H groups in total. The summed E-state index contributed by atoms with van der Waals surface area (Å²) in [7, 11) is 8.05. The van der Waals surface area contributed by atoms with Crippen molar-refractivity contribution in [3.05, 3.63) is 84.4 Å². The summed E-state index contributed by atoms with van der Waals surface area (Å²) in [4.78, 5) is 21.5. The summed E-state index contributed by atoms with van der Waals surface area (Å²) in [5.41, 5.74) is 5.51. The SMILES string of the molecule is CN(C)CCOc1ccc(-c2cnc3c(Br)cnn3c2)cn1.CN(C)CCOc1ccc(-c2cnc3ccnn3c2)cn1. The Morgan fingerprint density at radius 1 is 0.628 bits per heavy atom. The first-order valence-electron chi connectivity index (χ1n) is 13.6. The van der Waals surface area contributed by atoms with Crippen LogP contribution in [0.1, 0.15) is 0 Å². The van der Waals surface area contributed by atoms with Crippen LogP contribution in [0.4, 0.5) is 0 Å². The Hall–Kier alpha value is -4.46. The van der Waals surface area contributed by atoms with Crippen LogP contribution in [0, 0.1) is 0 Å². The molecule has 0 bridgehead atoms. The summed E-state index contributed by atoms with van der Waals surface area (Å²) < 4.78 is 15.5. The molecular formula is C30H33BrN10O2. The van der Waals surface area contributed by atoms with Crippen LogP contribution in [-0.4, -0.2) is 103 Å². The van der Waals surface area contributed by atoms with Crippen LogP contribution >= 0.6 is 15.9 Å². The second kappa shape index (κ2) is 14.1. The lowest BCUT2D eigenvalue weighted by molar-refractivity contribution is 0.254. The molecular weight excluding hydrogens is 612 g/mol. The van der Waals surface area contributed by atoms with Crippen molar-refractivity contribution >= 4 is 27.2 Å². The van der Waals surface area contributed by atoms with E-state index >= 15 is 0 Å². The fourth-order valence-electron chi connectivity index (χ4n) is 3.89. The second-order valence-electron chi connectivity index (χ2n) is 10.2. The molecule has 0 aliphatic carbocycles. The topological polar surface area (TPSA) is 111 Å². The normalized spacial score (nSPS) is 11.2. The van der Waals surface area contributed by atoms with Crippen LogP contribution < -0.4 is 9.47 Å². The first kappa shape index (κ1) is 30.0. The van der Waals surface area contributed by atoms with Gasteiger partial charge in [0, 0.05) is 90.7 Å². The number of pyridine rings is 2. The van der Waals surface area contributed by atoms with Gasteiger partial charge in [0.15, 0.2) is 11.3 Å². The molecule has 6 heterocycles. The van der Waals surface area contributed by atoms with Crippen molar-refractivity contribution < 1.29 is 9.47 Å². The van der Waals surface area contributed by atoms with Gasteiger partial charge in [-0.15, -0.1) is 0 Å². The number of likely N-dealkylation sites (N-methyl/N-ethyl adjacent to an activating group) is 2. The summed E-state index contributed by atoms with van der Waals surface area (Å²) in [6, 6.07) is 9.56. The number of hydrogen-bond donors (Lipinski definition) is 0. The van der Waals surface area contributed by atoms with Crippen molar-refractivity contribution in [1.29, 1.82) is 0 Å². The molecule has 13 heteroatoms. The lowest BCUT2D eigenvalue weighted by Crippen LogP contribution is -2.19. The van der Waals surface area contributed by atoms with Crippen LogP contribution in [0.2, 0.25) is 0 Å². The van der Waals surface area contributed by atoms with Gasteiger partial charge in [-0.25, -0.2) is 29.0 Å². The molecule has 222 valence electrons. The van der Waals surface area contributed by atoms with Crippen molar-refractivity contribution in [1.82, 2.24) is 49.0 Å². The van der Waals surface area contributed by atoms with Gasteiger partial charge in [-0.05, 0) is 56.3 Å². The summed E-state index contributed by atoms with van der Waals surface area (Å²) in [5.74, 6) is 1.26. The molecule has 6 aromatic rings. The van der Waals surface area contributed by atoms with Gasteiger partial charge in [0.2, 0.25) is 11.8 Å². The summed E-state index contributed by atoms with van der Waals surface area (Å²) in [6.45, 7) is 2.97. The molecule has 0 amide bonds. The van der Waals surface area contributed by atoms with E-state index in [9.17, 15) is 0 Å². The van der Waals surface area contributed by atoms with E-state index in [1.54, 1.807) is 33.8 Å². The fraction of sp³-hybridized carbons (Fsp3) is 0.267. The molecule has 0 aromatic carbocycles. The van der Waals surface area contributed by atoms with E-state index in [0.717, 1.165) is 51.1 Å². The maximum atomic E-state index is 5.59. The number of aromatic nitrogens is 8. The molecule has 0 aliphatic rings. The zero-order chi connectivity index (χ0) is 30.2. The minimum Gasteiger partial charge on any atom is -0.476 e. The van der Waals surface area contributed by atoms with E-state index in [0.29, 0.717) is 25.0 Å². The van der Waals surface area contributed by atoms with Crippen LogP contribution in [0.5, 0.6) is 11.8 Å². The predicted molar refractivity (Wildman–Crippen MR) is 168 cm³/mol. The maximum Gasteiger partial charge on any atom is 0.213 e. The Kier molecular flexibility index (Phi) is 9.87. The van der Waals surface area contributed by atoms with Crippen molar-refractivity contribution in [2.75, 3.05) is 54.5 Å². The highest BCUT2D eigenvalue weighted by Crippen LogP contribution is 2.22. The molecule has 0 atom stereocenters. The average molecular weight is 646 g/mol. The molecule has 0 spiro atoms. The number of fused-ring (bicyclic) bond motifs is 2. The molecule has 6 aromatic heterocycles. The van der Waals surface area contributed by atoms with Gasteiger partial charge < -0.3 is 19.3 Å². The largest absolute Gasteiger partial charge is 0.476 e. The quantitative estimate of drug-likeness (QED) is 0.215. The Morgan fingerprint density at radius 2 is 1.19 bits per heavy atom. The van der Waals surface area contributed by atoms with Crippen molar-refractivity contribution in [3.8, 4) is 34.0 Å². The Bertz CT molecular complexity index is 1750. The minimum atomic E-state index is 0.619. The van der Waals surface area contributed by atoms with E-state index in [1.807, 2.05) is 83.3 Å². The summed E-state index contributed by atoms with van der Waals surface area (Å²) >= 11 is 3.41. The first-order valence-corrected chi connectivity index (χ1v) is 14.4. The van der Waals surface area contributed by atoms with Gasteiger partial charge in [-0.3, -0.25) is 0 Å². The average Bonchev–Trinajstić information content (AvgIpc) is 3.63. The zero-order valence-corrected chi connectivity index (χ0v) is 26.1. The fourth-order valence-corrected chi connectivity index (χ4v) is 4.27. The van der Waals surface area contributed by atoms with Crippen LogP contribution in [0.3, 0.4) is 0 Å². The van der Waals surface area contributed by atoms with Gasteiger partial charge in [-0.2, -0.15) is 10.2 Å². The van der Waals surface area contributed by atoms with Crippen molar-refractivity contribution in [3.63, 3.8) is 0 Å². The third kappa shape index (κ3) is 8.09. The Balaban J connectivity index is 0.000000171. The number of ether oxygens (including phenoxy) is 2. The zero-order valence-electron chi connectivity index (χ0n) is 24.5. The Labute approximate surface area is 258 Å². The van der Waals surface area contributed by atoms with Gasteiger partial charge >= 0.3 is 0 Å². The van der Waals surface area contributed by atoms with E-state index in [1.165, 1.54) is 0 Å². The summed E-state index contributed by atoms with van der Waals surface area (Å²) in [5, 5.41) is 8.42. The van der Waals surface area contributed by atoms with Gasteiger partial charge in [0.1, 0.15) is 13.2 Å². The predicted octanol–water partition coefficient (Wildman–Crippen LogP) is 4.23. The minimum absolute atomic E-state index is 0.619. The summed E-state index contributed by atoms with van der Waals surface area (Å²) in [6.07, 6.45) is 14.5. The maximum absolute atomic E-state index is 5.59. The standard InChI is InChI=1S/C15H16BrN5O.C15H17N5O/c1-20(2)5-6-22-14-4-3-11(7-17-14)12-8-18-15-13(16)9-19-21(15)10-12;1-19(2)7-8-21-15-4-3-12(9-17-15)13-10-16-14-5-6-18-20(14)11-13/h3-4,7-10H,5-6H2,1-2H3;3-6,9-11H,7-8H2,1-2H3. The van der Waals surface area contributed by atoms with Crippen LogP contribution in [0.25, 0.3) is 33.5 Å². The van der Waals surface area contributed by atoms with E-state index in [-0.39, 0.29) is 0 Å². The van der Waals surface area contributed by atoms with Crippen molar-refractivity contribution in [2.24, 2.45) is 0 Å². The van der Waals surface area contributed by atoms with Crippen molar-refractivity contribution in [2.45, 2.75) is 0 Å². The third-order valence-corrected chi connectivity index (χ3v) is 6.84. The van der Waals surface area contributed by atoms with Gasteiger partial charge in [0.25, 0.3) is 0 Å². The highest BCUT2D eigenvalue weighted by Gasteiger charge is 2.07. The molecule has 0 saturated heterocycles. The van der Waals surface area contributed by atoms with E-state index in [4.69, 9.17) is 9.47 Å². The smallest absolute Gasteiger partial charge is 0.213 e. The number of hydrogen-bond acceptors (Lipinski definition) is 10. The lowest BCUT2D eigenvalue weighted by Gasteiger charge is -2.10. The molecule has 12 nitrogen and oxygen atoms in total. The Morgan fingerprint density at radius 3 is 1.74 bits per heavy atom. The highest BCUT2D eigenvalue weighted by molar-refractivity contribution is 9.10. The lowest BCUT2D eigenvalue weighted by atomic mass is 10.1. The van der Waals surface area contributed by atoms with E-state index < -0.39 is 0 Å². The molecule has 0 radical (unpaired) electrons. The third-order valence-electron chi connectivity index (χ3n) is 6.28. The molecule has 0 saturated carbocycles. The van der Waals surface area contributed by atoms with Crippen LogP contribution in [-0.2, 0) is 0 Å². The first-order chi connectivity index (χ1) is 20.9. The number of halogens is 1. The highest BCUT2D eigenvalue weighted by atomic mass is 79.9. The number of rotatable bonds is 10.